The zero-order valence-corrected chi connectivity index (χ0v) is 16.9. The molecule has 0 spiro atoms. The van der Waals surface area contributed by atoms with Gasteiger partial charge in [0.1, 0.15) is 6.26 Å². The van der Waals surface area contributed by atoms with Crippen LogP contribution < -0.4 is 5.32 Å². The second kappa shape index (κ2) is 9.62. The Labute approximate surface area is 160 Å². The Bertz CT molecular complexity index is 617. The van der Waals surface area contributed by atoms with E-state index in [1.165, 1.54) is 6.26 Å². The van der Waals surface area contributed by atoms with Gasteiger partial charge in [-0.25, -0.2) is 9.59 Å². The Morgan fingerprint density at radius 1 is 1.26 bits per heavy atom. The maximum absolute atomic E-state index is 12.6. The van der Waals surface area contributed by atoms with E-state index in [0.29, 0.717) is 6.01 Å². The number of amides is 1. The molecule has 1 aliphatic heterocycles. The van der Waals surface area contributed by atoms with E-state index >= 15 is 0 Å². The van der Waals surface area contributed by atoms with E-state index in [1.54, 1.807) is 6.92 Å². The zero-order valence-electron chi connectivity index (χ0n) is 16.9. The molecule has 152 valence electrons. The molecule has 1 aromatic rings. The van der Waals surface area contributed by atoms with Gasteiger partial charge in [0.05, 0.1) is 12.7 Å². The maximum Gasteiger partial charge on any atom is 0.410 e. The fourth-order valence-corrected chi connectivity index (χ4v) is 3.50. The number of carbonyl (C=O) groups is 2. The van der Waals surface area contributed by atoms with Crippen molar-refractivity contribution in [2.24, 2.45) is 0 Å². The molecule has 1 amide bonds. The third-order valence-electron chi connectivity index (χ3n) is 4.71. The van der Waals surface area contributed by atoms with Gasteiger partial charge in [-0.1, -0.05) is 13.8 Å². The molecule has 1 saturated heterocycles. The van der Waals surface area contributed by atoms with E-state index in [2.05, 4.69) is 24.1 Å². The van der Waals surface area contributed by atoms with Crippen LogP contribution in [0.2, 0.25) is 0 Å². The van der Waals surface area contributed by atoms with Gasteiger partial charge in [-0.3, -0.25) is 0 Å². The predicted octanol–water partition coefficient (Wildman–Crippen LogP) is 3.83. The molecule has 0 aromatic carbocycles. The summed E-state index contributed by atoms with van der Waals surface area (Å²) in [6.45, 7) is 9.88. The molecule has 1 fully saturated rings. The lowest BCUT2D eigenvalue weighted by Crippen LogP contribution is -2.55. The van der Waals surface area contributed by atoms with Gasteiger partial charge in [0.2, 0.25) is 0 Å². The largest absolute Gasteiger partial charge is 0.461 e. The van der Waals surface area contributed by atoms with Gasteiger partial charge in [0.25, 0.3) is 6.01 Å². The quantitative estimate of drug-likeness (QED) is 0.717. The second-order valence-corrected chi connectivity index (χ2v) is 7.03. The van der Waals surface area contributed by atoms with Crippen molar-refractivity contribution in [2.45, 2.75) is 84.5 Å². The minimum atomic E-state index is -0.501. The standard InChI is InChI=1S/C19H31N3O5/c1-6-14-9-13(10-15(7-2)22(14)19(24)27-12(4)5)20-18-21-16(11-26-18)17(23)25-8-3/h11-15H,6-10H2,1-5H3,(H,20,21). The highest BCUT2D eigenvalue weighted by Gasteiger charge is 2.38. The molecular weight excluding hydrogens is 350 g/mol. The normalized spacial score (nSPS) is 22.6. The van der Waals surface area contributed by atoms with Crippen LogP contribution >= 0.6 is 0 Å². The smallest absolute Gasteiger partial charge is 0.410 e. The van der Waals surface area contributed by atoms with Crippen LogP contribution in [0.1, 0.15) is 70.8 Å². The number of hydrogen-bond donors (Lipinski definition) is 1. The number of aromatic nitrogens is 1. The predicted molar refractivity (Wildman–Crippen MR) is 101 cm³/mol. The van der Waals surface area contributed by atoms with E-state index in [-0.39, 0.29) is 42.6 Å². The number of hydrogen-bond acceptors (Lipinski definition) is 7. The Hall–Kier alpha value is -2.25. The number of anilines is 1. The molecular formula is C19H31N3O5. The summed E-state index contributed by atoms with van der Waals surface area (Å²) in [5, 5.41) is 3.26. The van der Waals surface area contributed by atoms with Crippen molar-refractivity contribution in [3.63, 3.8) is 0 Å². The fourth-order valence-electron chi connectivity index (χ4n) is 3.50. The third-order valence-corrected chi connectivity index (χ3v) is 4.71. The number of rotatable bonds is 7. The van der Waals surface area contributed by atoms with Crippen LogP contribution in [0.15, 0.2) is 10.7 Å². The number of likely N-dealkylation sites (tertiary alicyclic amines) is 1. The van der Waals surface area contributed by atoms with Crippen LogP contribution in [-0.4, -0.2) is 52.8 Å². The SMILES string of the molecule is CCOC(=O)c1coc(NC2CC(CC)N(C(=O)OC(C)C)C(CC)C2)n1. The highest BCUT2D eigenvalue weighted by atomic mass is 16.6. The van der Waals surface area contributed by atoms with Crippen molar-refractivity contribution >= 4 is 18.1 Å². The highest BCUT2D eigenvalue weighted by Crippen LogP contribution is 2.30. The molecule has 1 aromatic heterocycles. The lowest BCUT2D eigenvalue weighted by Gasteiger charge is -2.44. The molecule has 2 heterocycles. The molecule has 0 bridgehead atoms. The Balaban J connectivity index is 2.06. The number of oxazole rings is 1. The molecule has 2 unspecified atom stereocenters. The molecule has 2 atom stereocenters. The first kappa shape index (κ1) is 21.1. The number of carbonyl (C=O) groups excluding carboxylic acids is 2. The topological polar surface area (TPSA) is 93.9 Å². The number of ether oxygens (including phenoxy) is 2. The number of piperidine rings is 1. The van der Waals surface area contributed by atoms with Crippen molar-refractivity contribution < 1.29 is 23.5 Å². The summed E-state index contributed by atoms with van der Waals surface area (Å²) in [5.41, 5.74) is 0.149. The van der Waals surface area contributed by atoms with Crippen molar-refractivity contribution in [1.82, 2.24) is 9.88 Å². The van der Waals surface area contributed by atoms with Gasteiger partial charge in [-0.2, -0.15) is 4.98 Å². The van der Waals surface area contributed by atoms with Crippen molar-refractivity contribution in [3.8, 4) is 0 Å². The van der Waals surface area contributed by atoms with Gasteiger partial charge in [-0.05, 0) is 46.5 Å². The van der Waals surface area contributed by atoms with Crippen LogP contribution in [0, 0.1) is 0 Å². The Kier molecular flexibility index (Phi) is 7.50. The van der Waals surface area contributed by atoms with Gasteiger partial charge in [0.15, 0.2) is 5.69 Å². The second-order valence-electron chi connectivity index (χ2n) is 7.03. The zero-order chi connectivity index (χ0) is 20.0. The van der Waals surface area contributed by atoms with Crippen LogP contribution in [0.5, 0.6) is 0 Å². The molecule has 8 heteroatoms. The van der Waals surface area contributed by atoms with Gasteiger partial charge in [-0.15, -0.1) is 0 Å². The summed E-state index contributed by atoms with van der Waals surface area (Å²) in [4.78, 5) is 30.3. The first-order valence-electron chi connectivity index (χ1n) is 9.77. The lowest BCUT2D eigenvalue weighted by molar-refractivity contribution is 0.0252. The summed E-state index contributed by atoms with van der Waals surface area (Å²) in [6, 6.07) is 0.543. The Morgan fingerprint density at radius 2 is 1.89 bits per heavy atom. The van der Waals surface area contributed by atoms with E-state index in [0.717, 1.165) is 25.7 Å². The van der Waals surface area contributed by atoms with Crippen molar-refractivity contribution in [2.75, 3.05) is 11.9 Å². The summed E-state index contributed by atoms with van der Waals surface area (Å²) in [7, 11) is 0. The summed E-state index contributed by atoms with van der Waals surface area (Å²) < 4.78 is 15.7. The van der Waals surface area contributed by atoms with Gasteiger partial charge < -0.3 is 24.1 Å². The van der Waals surface area contributed by atoms with Crippen molar-refractivity contribution in [3.05, 3.63) is 12.0 Å². The van der Waals surface area contributed by atoms with Crippen LogP contribution in [0.25, 0.3) is 0 Å². The van der Waals surface area contributed by atoms with Crippen LogP contribution in [-0.2, 0) is 9.47 Å². The molecule has 2 rings (SSSR count). The average molecular weight is 381 g/mol. The molecule has 0 aliphatic carbocycles. The van der Waals surface area contributed by atoms with E-state index in [9.17, 15) is 9.59 Å². The molecule has 0 radical (unpaired) electrons. The monoisotopic (exact) mass is 381 g/mol. The maximum atomic E-state index is 12.6. The highest BCUT2D eigenvalue weighted by molar-refractivity contribution is 5.87. The summed E-state index contributed by atoms with van der Waals surface area (Å²) in [6.07, 6.45) is 4.10. The average Bonchev–Trinajstić information content (AvgIpc) is 3.08. The van der Waals surface area contributed by atoms with E-state index in [4.69, 9.17) is 13.9 Å². The number of nitrogens with zero attached hydrogens (tertiary/aromatic N) is 2. The first-order valence-corrected chi connectivity index (χ1v) is 9.77. The Morgan fingerprint density at radius 3 is 2.41 bits per heavy atom. The third kappa shape index (κ3) is 5.37. The molecule has 1 aliphatic rings. The van der Waals surface area contributed by atoms with Crippen LogP contribution in [0.3, 0.4) is 0 Å². The van der Waals surface area contributed by atoms with Crippen LogP contribution in [0.4, 0.5) is 10.8 Å². The van der Waals surface area contributed by atoms with Crippen molar-refractivity contribution in [1.29, 1.82) is 0 Å². The molecule has 8 nitrogen and oxygen atoms in total. The number of esters is 1. The minimum Gasteiger partial charge on any atom is -0.461 e. The van der Waals surface area contributed by atoms with E-state index in [1.807, 2.05) is 18.7 Å². The fraction of sp³-hybridized carbons (Fsp3) is 0.737. The van der Waals surface area contributed by atoms with E-state index < -0.39 is 5.97 Å². The minimum absolute atomic E-state index is 0.0759. The summed E-state index contributed by atoms with van der Waals surface area (Å²) in [5.74, 6) is -0.501. The summed E-state index contributed by atoms with van der Waals surface area (Å²) >= 11 is 0. The lowest BCUT2D eigenvalue weighted by atomic mass is 9.89. The van der Waals surface area contributed by atoms with Gasteiger partial charge in [0, 0.05) is 18.1 Å². The molecule has 0 saturated carbocycles. The molecule has 1 N–H and O–H groups in total. The molecule has 27 heavy (non-hydrogen) atoms. The number of nitrogens with one attached hydrogen (secondary N) is 1. The van der Waals surface area contributed by atoms with Gasteiger partial charge >= 0.3 is 12.1 Å². The first-order chi connectivity index (χ1) is 12.9.